The third-order valence-corrected chi connectivity index (χ3v) is 5.60. The first kappa shape index (κ1) is 20.4. The number of aromatic nitrogens is 2. The number of rotatable bonds is 6. The number of nitrogens with one attached hydrogen (secondary N) is 2. The Kier molecular flexibility index (Phi) is 6.29. The second-order valence-corrected chi connectivity index (χ2v) is 7.76. The summed E-state index contributed by atoms with van der Waals surface area (Å²) >= 11 is 0. The Balaban J connectivity index is 1.40. The number of fused-ring (bicyclic) bond motifs is 1. The van der Waals surface area contributed by atoms with E-state index in [1.165, 1.54) is 0 Å². The zero-order valence-corrected chi connectivity index (χ0v) is 17.3. The molecule has 2 aliphatic heterocycles. The van der Waals surface area contributed by atoms with Crippen LogP contribution >= 0.6 is 0 Å². The molecule has 0 aliphatic carbocycles. The zero-order chi connectivity index (χ0) is 20.9. The predicted molar refractivity (Wildman–Crippen MR) is 117 cm³/mol. The number of phenolic OH excluding ortho intramolecular Hbond substituents is 1. The first-order chi connectivity index (χ1) is 14.6. The SMILES string of the molecule is CN(CCN1CCNc2nnc(-c3ccccc3O)cc21)CC(=O)N1CCNCC1. The van der Waals surface area contributed by atoms with Gasteiger partial charge in [0.25, 0.3) is 0 Å². The minimum atomic E-state index is 0.187. The summed E-state index contributed by atoms with van der Waals surface area (Å²) in [6.07, 6.45) is 0. The number of aromatic hydroxyl groups is 1. The van der Waals surface area contributed by atoms with E-state index < -0.39 is 0 Å². The lowest BCUT2D eigenvalue weighted by Crippen LogP contribution is -2.49. The van der Waals surface area contributed by atoms with Gasteiger partial charge in [0.15, 0.2) is 5.82 Å². The van der Waals surface area contributed by atoms with E-state index in [4.69, 9.17) is 0 Å². The van der Waals surface area contributed by atoms with Gasteiger partial charge in [0, 0.05) is 57.9 Å². The fourth-order valence-corrected chi connectivity index (χ4v) is 3.85. The highest BCUT2D eigenvalue weighted by Crippen LogP contribution is 2.33. The van der Waals surface area contributed by atoms with Crippen molar-refractivity contribution in [3.8, 4) is 17.0 Å². The van der Waals surface area contributed by atoms with Crippen LogP contribution in [0.5, 0.6) is 5.75 Å². The molecule has 4 rings (SSSR count). The molecule has 3 N–H and O–H groups in total. The van der Waals surface area contributed by atoms with Gasteiger partial charge in [-0.15, -0.1) is 10.2 Å². The molecule has 1 fully saturated rings. The standard InChI is InChI=1S/C21H29N7O2/c1-26(15-20(30)28-9-6-22-7-10-28)12-13-27-11-8-23-21-18(27)14-17(24-25-21)16-4-2-3-5-19(16)29/h2-5,14,22,29H,6-13,15H2,1H3,(H,23,25). The monoisotopic (exact) mass is 411 g/mol. The van der Waals surface area contributed by atoms with Crippen molar-refractivity contribution in [3.63, 3.8) is 0 Å². The summed E-state index contributed by atoms with van der Waals surface area (Å²) in [7, 11) is 1.99. The Morgan fingerprint density at radius 3 is 2.77 bits per heavy atom. The number of carbonyl (C=O) groups excluding carboxylic acids is 1. The molecule has 1 aromatic carbocycles. The molecule has 160 valence electrons. The molecule has 2 aromatic rings. The number of amides is 1. The third kappa shape index (κ3) is 4.63. The molecule has 1 aromatic heterocycles. The van der Waals surface area contributed by atoms with Gasteiger partial charge in [0.1, 0.15) is 5.75 Å². The number of piperazine rings is 1. The Labute approximate surface area is 176 Å². The minimum Gasteiger partial charge on any atom is -0.507 e. The topological polar surface area (TPSA) is 96.9 Å². The molecular formula is C21H29N7O2. The number of hydrogen-bond acceptors (Lipinski definition) is 8. The molecule has 0 bridgehead atoms. The average Bonchev–Trinajstić information content (AvgIpc) is 2.78. The van der Waals surface area contributed by atoms with E-state index in [0.717, 1.165) is 63.9 Å². The quantitative estimate of drug-likeness (QED) is 0.630. The van der Waals surface area contributed by atoms with Crippen molar-refractivity contribution in [1.29, 1.82) is 0 Å². The van der Waals surface area contributed by atoms with Gasteiger partial charge in [0.05, 0.1) is 17.9 Å². The maximum absolute atomic E-state index is 12.5. The van der Waals surface area contributed by atoms with Crippen LogP contribution in [-0.2, 0) is 4.79 Å². The summed E-state index contributed by atoms with van der Waals surface area (Å²) in [5.41, 5.74) is 2.27. The molecule has 1 amide bonds. The number of anilines is 2. The summed E-state index contributed by atoms with van der Waals surface area (Å²) in [5, 5.41) is 25.3. The Bertz CT molecular complexity index is 885. The van der Waals surface area contributed by atoms with Crippen LogP contribution in [0.3, 0.4) is 0 Å². The van der Waals surface area contributed by atoms with E-state index >= 15 is 0 Å². The molecular weight excluding hydrogens is 382 g/mol. The maximum Gasteiger partial charge on any atom is 0.236 e. The van der Waals surface area contributed by atoms with Gasteiger partial charge in [-0.2, -0.15) is 0 Å². The molecule has 1 saturated heterocycles. The van der Waals surface area contributed by atoms with E-state index in [0.29, 0.717) is 17.8 Å². The largest absolute Gasteiger partial charge is 0.507 e. The van der Waals surface area contributed by atoms with E-state index in [-0.39, 0.29) is 11.7 Å². The van der Waals surface area contributed by atoms with Crippen LogP contribution in [0, 0.1) is 0 Å². The van der Waals surface area contributed by atoms with Gasteiger partial charge >= 0.3 is 0 Å². The zero-order valence-electron chi connectivity index (χ0n) is 17.3. The van der Waals surface area contributed by atoms with Crippen LogP contribution in [0.1, 0.15) is 0 Å². The van der Waals surface area contributed by atoms with Crippen molar-refractivity contribution < 1.29 is 9.90 Å². The number of phenols is 1. The lowest BCUT2D eigenvalue weighted by Gasteiger charge is -2.33. The fourth-order valence-electron chi connectivity index (χ4n) is 3.85. The van der Waals surface area contributed by atoms with Crippen LogP contribution in [0.2, 0.25) is 0 Å². The first-order valence-corrected chi connectivity index (χ1v) is 10.4. The predicted octanol–water partition coefficient (Wildman–Crippen LogP) is 0.445. The molecule has 9 nitrogen and oxygen atoms in total. The molecule has 0 saturated carbocycles. The molecule has 0 radical (unpaired) electrons. The van der Waals surface area contributed by atoms with Crippen molar-refractivity contribution in [1.82, 2.24) is 25.3 Å². The number of likely N-dealkylation sites (N-methyl/N-ethyl adjacent to an activating group) is 1. The number of nitrogens with zero attached hydrogens (tertiary/aromatic N) is 5. The Morgan fingerprint density at radius 2 is 1.97 bits per heavy atom. The number of carbonyl (C=O) groups is 1. The summed E-state index contributed by atoms with van der Waals surface area (Å²) in [4.78, 5) is 18.7. The van der Waals surface area contributed by atoms with Crippen LogP contribution < -0.4 is 15.5 Å². The van der Waals surface area contributed by atoms with Gasteiger partial charge in [-0.05, 0) is 25.2 Å². The summed E-state index contributed by atoms with van der Waals surface area (Å²) in [6, 6.07) is 9.11. The van der Waals surface area contributed by atoms with E-state index in [9.17, 15) is 9.90 Å². The lowest BCUT2D eigenvalue weighted by molar-refractivity contribution is -0.132. The van der Waals surface area contributed by atoms with Crippen LogP contribution in [0.15, 0.2) is 30.3 Å². The van der Waals surface area contributed by atoms with Gasteiger partial charge < -0.3 is 25.5 Å². The lowest BCUT2D eigenvalue weighted by atomic mass is 10.1. The molecule has 0 atom stereocenters. The average molecular weight is 412 g/mol. The van der Waals surface area contributed by atoms with Crippen molar-refractivity contribution in [2.45, 2.75) is 0 Å². The molecule has 0 unspecified atom stereocenters. The van der Waals surface area contributed by atoms with Gasteiger partial charge in [-0.1, -0.05) is 12.1 Å². The van der Waals surface area contributed by atoms with Crippen molar-refractivity contribution in [2.24, 2.45) is 0 Å². The van der Waals surface area contributed by atoms with Crippen molar-refractivity contribution in [2.75, 3.05) is 76.2 Å². The molecule has 0 spiro atoms. The molecule has 9 heteroatoms. The number of hydrogen-bond donors (Lipinski definition) is 3. The maximum atomic E-state index is 12.5. The normalized spacial score (nSPS) is 16.3. The highest BCUT2D eigenvalue weighted by Gasteiger charge is 2.22. The highest BCUT2D eigenvalue weighted by atomic mass is 16.3. The Hall–Kier alpha value is -2.91. The molecule has 2 aliphatic rings. The van der Waals surface area contributed by atoms with E-state index in [2.05, 4.69) is 30.6 Å². The van der Waals surface area contributed by atoms with Gasteiger partial charge in [-0.3, -0.25) is 9.69 Å². The highest BCUT2D eigenvalue weighted by molar-refractivity contribution is 5.78. The van der Waals surface area contributed by atoms with Crippen molar-refractivity contribution in [3.05, 3.63) is 30.3 Å². The molecule has 3 heterocycles. The van der Waals surface area contributed by atoms with E-state index in [1.807, 2.05) is 30.1 Å². The summed E-state index contributed by atoms with van der Waals surface area (Å²) in [5.74, 6) is 1.13. The minimum absolute atomic E-state index is 0.187. The van der Waals surface area contributed by atoms with Gasteiger partial charge in [-0.25, -0.2) is 0 Å². The van der Waals surface area contributed by atoms with Crippen LogP contribution in [0.4, 0.5) is 11.5 Å². The number of benzene rings is 1. The molecule has 30 heavy (non-hydrogen) atoms. The third-order valence-electron chi connectivity index (χ3n) is 5.60. The summed E-state index contributed by atoms with van der Waals surface area (Å²) < 4.78 is 0. The fraction of sp³-hybridized carbons (Fsp3) is 0.476. The van der Waals surface area contributed by atoms with Crippen LogP contribution in [-0.4, -0.2) is 97.0 Å². The second kappa shape index (κ2) is 9.27. The smallest absolute Gasteiger partial charge is 0.236 e. The second-order valence-electron chi connectivity index (χ2n) is 7.76. The van der Waals surface area contributed by atoms with Crippen LogP contribution in [0.25, 0.3) is 11.3 Å². The van der Waals surface area contributed by atoms with Crippen molar-refractivity contribution >= 4 is 17.4 Å². The number of para-hydroxylation sites is 1. The first-order valence-electron chi connectivity index (χ1n) is 10.4. The van der Waals surface area contributed by atoms with E-state index in [1.54, 1.807) is 12.1 Å². The Morgan fingerprint density at radius 1 is 1.17 bits per heavy atom. The summed E-state index contributed by atoms with van der Waals surface area (Å²) in [6.45, 7) is 6.92. The van der Waals surface area contributed by atoms with Gasteiger partial charge in [0.2, 0.25) is 5.91 Å².